The smallest absolute Gasteiger partial charge is 0.311 e. The van der Waals surface area contributed by atoms with Crippen molar-refractivity contribution in [2.75, 3.05) is 6.61 Å². The number of carbonyl (C=O) groups excluding carboxylic acids is 1. The average molecular weight is 360 g/mol. The maximum atomic E-state index is 11.7. The number of nitro groups is 2. The normalized spacial score (nSPS) is 10.5. The number of hydrogen-bond donors (Lipinski definition) is 2. The molecular formula is C15H12N4O7. The van der Waals surface area contributed by atoms with Crippen molar-refractivity contribution in [3.05, 3.63) is 68.3 Å². The van der Waals surface area contributed by atoms with Gasteiger partial charge in [-0.3, -0.25) is 25.0 Å². The van der Waals surface area contributed by atoms with Crippen LogP contribution >= 0.6 is 0 Å². The first kappa shape index (κ1) is 18.3. The topological polar surface area (TPSA) is 157 Å². The Morgan fingerprint density at radius 2 is 1.77 bits per heavy atom. The summed E-state index contributed by atoms with van der Waals surface area (Å²) in [5.74, 6) is -1.39. The SMILES string of the molecule is O=C(COc1ccccc1[N+](=O)[O-])N/N=C/c1cccc([N+](=O)[O-])c1O. The fourth-order valence-corrected chi connectivity index (χ4v) is 1.88. The number of hydrazone groups is 1. The number of carbonyl (C=O) groups is 1. The number of hydrogen-bond acceptors (Lipinski definition) is 8. The van der Waals surface area contributed by atoms with E-state index >= 15 is 0 Å². The van der Waals surface area contributed by atoms with E-state index in [0.717, 1.165) is 12.3 Å². The number of para-hydroxylation sites is 3. The summed E-state index contributed by atoms with van der Waals surface area (Å²) in [6.45, 7) is -0.539. The van der Waals surface area contributed by atoms with Gasteiger partial charge in [0.15, 0.2) is 12.4 Å². The number of phenols is 1. The molecule has 0 saturated heterocycles. The van der Waals surface area contributed by atoms with Crippen molar-refractivity contribution in [1.29, 1.82) is 0 Å². The first-order valence-electron chi connectivity index (χ1n) is 7.04. The van der Waals surface area contributed by atoms with Crippen molar-refractivity contribution in [3.63, 3.8) is 0 Å². The number of nitro benzene ring substituents is 2. The molecule has 0 heterocycles. The van der Waals surface area contributed by atoms with Crippen LogP contribution in [0.25, 0.3) is 0 Å². The molecule has 1 amide bonds. The standard InChI is InChI=1S/C15H12N4O7/c20-14(9-26-13-7-2-1-5-11(13)18(22)23)17-16-8-10-4-3-6-12(15(10)21)19(24)25/h1-8,21H,9H2,(H,17,20)/b16-8+. The van der Waals surface area contributed by atoms with Gasteiger partial charge in [0.05, 0.1) is 16.1 Å². The number of ether oxygens (including phenoxy) is 1. The Morgan fingerprint density at radius 1 is 1.12 bits per heavy atom. The van der Waals surface area contributed by atoms with Crippen molar-refractivity contribution in [1.82, 2.24) is 5.43 Å². The van der Waals surface area contributed by atoms with E-state index in [0.29, 0.717) is 0 Å². The molecule has 2 aromatic carbocycles. The lowest BCUT2D eigenvalue weighted by molar-refractivity contribution is -0.386. The molecule has 0 aliphatic rings. The summed E-state index contributed by atoms with van der Waals surface area (Å²) < 4.78 is 5.07. The van der Waals surface area contributed by atoms with E-state index in [1.165, 1.54) is 36.4 Å². The molecule has 2 rings (SSSR count). The van der Waals surface area contributed by atoms with Crippen molar-refractivity contribution in [2.45, 2.75) is 0 Å². The molecular weight excluding hydrogens is 348 g/mol. The Labute approximate surface area is 145 Å². The van der Waals surface area contributed by atoms with Gasteiger partial charge in [-0.2, -0.15) is 5.10 Å². The summed E-state index contributed by atoms with van der Waals surface area (Å²) in [7, 11) is 0. The Bertz CT molecular complexity index is 882. The van der Waals surface area contributed by atoms with Gasteiger partial charge in [-0.15, -0.1) is 0 Å². The van der Waals surface area contributed by atoms with E-state index in [2.05, 4.69) is 10.5 Å². The lowest BCUT2D eigenvalue weighted by Gasteiger charge is -2.05. The fraction of sp³-hybridized carbons (Fsp3) is 0.0667. The van der Waals surface area contributed by atoms with Gasteiger partial charge in [0, 0.05) is 17.7 Å². The number of phenolic OH excluding ortho intramolecular Hbond substituents is 1. The third-order valence-electron chi connectivity index (χ3n) is 3.06. The highest BCUT2D eigenvalue weighted by Crippen LogP contribution is 2.28. The summed E-state index contributed by atoms with van der Waals surface area (Å²) in [5.41, 5.74) is 1.32. The highest BCUT2D eigenvalue weighted by Gasteiger charge is 2.16. The van der Waals surface area contributed by atoms with Crippen LogP contribution < -0.4 is 10.2 Å². The van der Waals surface area contributed by atoms with Gasteiger partial charge < -0.3 is 9.84 Å². The van der Waals surface area contributed by atoms with E-state index in [-0.39, 0.29) is 17.0 Å². The van der Waals surface area contributed by atoms with E-state index in [4.69, 9.17) is 4.74 Å². The molecule has 0 saturated carbocycles. The van der Waals surface area contributed by atoms with Gasteiger partial charge in [0.2, 0.25) is 5.75 Å². The maximum absolute atomic E-state index is 11.7. The minimum absolute atomic E-state index is 0.0270. The van der Waals surface area contributed by atoms with E-state index in [9.17, 15) is 30.1 Å². The molecule has 2 aromatic rings. The van der Waals surface area contributed by atoms with Crippen LogP contribution in [0, 0.1) is 20.2 Å². The molecule has 0 fully saturated rings. The first-order chi connectivity index (χ1) is 12.4. The number of benzene rings is 2. The van der Waals surface area contributed by atoms with Gasteiger partial charge in [-0.05, 0) is 12.1 Å². The van der Waals surface area contributed by atoms with Crippen LogP contribution in [0.5, 0.6) is 11.5 Å². The molecule has 2 N–H and O–H groups in total. The molecule has 26 heavy (non-hydrogen) atoms. The molecule has 0 spiro atoms. The fourth-order valence-electron chi connectivity index (χ4n) is 1.88. The Kier molecular flexibility index (Phi) is 5.77. The highest BCUT2D eigenvalue weighted by atomic mass is 16.6. The van der Waals surface area contributed by atoms with E-state index < -0.39 is 33.8 Å². The van der Waals surface area contributed by atoms with Gasteiger partial charge in [0.1, 0.15) is 0 Å². The van der Waals surface area contributed by atoms with Crippen molar-refractivity contribution < 1.29 is 24.5 Å². The van der Waals surface area contributed by atoms with Gasteiger partial charge in [-0.1, -0.05) is 18.2 Å². The quantitative estimate of drug-likeness (QED) is 0.432. The Morgan fingerprint density at radius 3 is 2.46 bits per heavy atom. The van der Waals surface area contributed by atoms with Crippen LogP contribution in [-0.4, -0.2) is 33.7 Å². The number of amides is 1. The number of aromatic hydroxyl groups is 1. The minimum atomic E-state index is -0.758. The van der Waals surface area contributed by atoms with Crippen molar-refractivity contribution >= 4 is 23.5 Å². The van der Waals surface area contributed by atoms with Crippen LogP contribution in [0.15, 0.2) is 47.6 Å². The Balaban J connectivity index is 1.96. The number of nitrogens with one attached hydrogen (secondary N) is 1. The Hall–Kier alpha value is -4.02. The molecule has 0 aliphatic carbocycles. The molecule has 0 atom stereocenters. The highest BCUT2D eigenvalue weighted by molar-refractivity contribution is 5.87. The number of rotatable bonds is 7. The predicted molar refractivity (Wildman–Crippen MR) is 89.1 cm³/mol. The summed E-state index contributed by atoms with van der Waals surface area (Å²) in [5, 5.41) is 34.8. The third kappa shape index (κ3) is 4.50. The maximum Gasteiger partial charge on any atom is 0.311 e. The zero-order chi connectivity index (χ0) is 19.1. The second-order valence-electron chi connectivity index (χ2n) is 4.78. The van der Waals surface area contributed by atoms with Gasteiger partial charge in [-0.25, -0.2) is 5.43 Å². The van der Waals surface area contributed by atoms with Crippen molar-refractivity contribution in [2.24, 2.45) is 5.10 Å². The van der Waals surface area contributed by atoms with Crippen LogP contribution in [0.4, 0.5) is 11.4 Å². The van der Waals surface area contributed by atoms with Crippen LogP contribution in [-0.2, 0) is 4.79 Å². The summed E-state index contributed by atoms with van der Waals surface area (Å²) >= 11 is 0. The van der Waals surface area contributed by atoms with Gasteiger partial charge >= 0.3 is 11.4 Å². The van der Waals surface area contributed by atoms with Crippen LogP contribution in [0.2, 0.25) is 0 Å². The van der Waals surface area contributed by atoms with Crippen LogP contribution in [0.3, 0.4) is 0 Å². The lowest BCUT2D eigenvalue weighted by atomic mass is 10.2. The average Bonchev–Trinajstić information content (AvgIpc) is 2.61. The molecule has 0 radical (unpaired) electrons. The molecule has 11 nitrogen and oxygen atoms in total. The molecule has 0 aromatic heterocycles. The zero-order valence-electron chi connectivity index (χ0n) is 13.1. The third-order valence-corrected chi connectivity index (χ3v) is 3.06. The first-order valence-corrected chi connectivity index (χ1v) is 7.04. The molecule has 11 heteroatoms. The summed E-state index contributed by atoms with van der Waals surface area (Å²) in [6, 6.07) is 9.38. The predicted octanol–water partition coefficient (Wildman–Crippen LogP) is 1.74. The number of nitrogens with zero attached hydrogens (tertiary/aromatic N) is 3. The molecule has 0 bridgehead atoms. The van der Waals surface area contributed by atoms with Crippen molar-refractivity contribution in [3.8, 4) is 11.5 Å². The summed E-state index contributed by atoms with van der Waals surface area (Å²) in [6.07, 6.45) is 1.02. The molecule has 134 valence electrons. The minimum Gasteiger partial charge on any atom is -0.502 e. The largest absolute Gasteiger partial charge is 0.502 e. The van der Waals surface area contributed by atoms with Gasteiger partial charge in [0.25, 0.3) is 5.91 Å². The monoisotopic (exact) mass is 360 g/mol. The van der Waals surface area contributed by atoms with Crippen LogP contribution in [0.1, 0.15) is 5.56 Å². The second-order valence-corrected chi connectivity index (χ2v) is 4.78. The van der Waals surface area contributed by atoms with E-state index in [1.807, 2.05) is 0 Å². The zero-order valence-corrected chi connectivity index (χ0v) is 13.1. The molecule has 0 aliphatic heterocycles. The summed E-state index contributed by atoms with van der Waals surface area (Å²) in [4.78, 5) is 31.8. The lowest BCUT2D eigenvalue weighted by Crippen LogP contribution is -2.24. The molecule has 0 unspecified atom stereocenters. The van der Waals surface area contributed by atoms with E-state index in [1.54, 1.807) is 0 Å². The second kappa shape index (κ2) is 8.19.